The number of nitrogens with zero attached hydrogens (tertiary/aromatic N) is 6. The summed E-state index contributed by atoms with van der Waals surface area (Å²) in [4.78, 5) is 46.3. The van der Waals surface area contributed by atoms with Gasteiger partial charge in [0.15, 0.2) is 11.5 Å². The fraction of sp³-hybridized carbons (Fsp3) is 0.516. The van der Waals surface area contributed by atoms with Gasteiger partial charge in [-0.05, 0) is 62.1 Å². The molecule has 12 nitrogen and oxygen atoms in total. The number of aromatic nitrogens is 4. The molecule has 3 saturated carbocycles. The smallest absolute Gasteiger partial charge is 0.335 e. The first-order valence-electron chi connectivity index (χ1n) is 15.7. The van der Waals surface area contributed by atoms with Crippen molar-refractivity contribution >= 4 is 47.5 Å². The monoisotopic (exact) mass is 709 g/mol. The van der Waals surface area contributed by atoms with Crippen LogP contribution in [0.2, 0.25) is 5.02 Å². The number of rotatable bonds is 6. The molecule has 0 unspecified atom stereocenters. The Morgan fingerprint density at radius 3 is 2.33 bits per heavy atom. The maximum absolute atomic E-state index is 14.0. The second kappa shape index (κ2) is 12.6. The highest BCUT2D eigenvalue weighted by Gasteiger charge is 2.54. The van der Waals surface area contributed by atoms with E-state index in [9.17, 15) is 27.6 Å². The van der Waals surface area contributed by atoms with Gasteiger partial charge >= 0.3 is 12.2 Å². The van der Waals surface area contributed by atoms with Crippen LogP contribution >= 0.6 is 24.0 Å². The second-order valence-electron chi connectivity index (χ2n) is 13.3. The number of hydrogen-bond acceptors (Lipinski definition) is 6. The fourth-order valence-electron chi connectivity index (χ4n) is 6.84. The lowest BCUT2D eigenvalue weighted by atomic mass is 9.77. The van der Waals surface area contributed by atoms with Crippen LogP contribution < -0.4 is 16.4 Å². The minimum Gasteiger partial charge on any atom is -0.335 e. The lowest BCUT2D eigenvalue weighted by molar-refractivity contribution is -0.141. The number of nitrogens with one attached hydrogen (secondary N) is 2. The van der Waals surface area contributed by atoms with Gasteiger partial charge in [-0.2, -0.15) is 18.3 Å². The van der Waals surface area contributed by atoms with E-state index in [1.54, 1.807) is 9.80 Å². The molecule has 0 bridgehead atoms. The largest absolute Gasteiger partial charge is 0.435 e. The fourth-order valence-corrected chi connectivity index (χ4v) is 7.10. The molecule has 1 aromatic carbocycles. The van der Waals surface area contributed by atoms with Crippen molar-refractivity contribution in [1.29, 1.82) is 0 Å². The molecule has 1 saturated heterocycles. The quantitative estimate of drug-likeness (QED) is 0.339. The average Bonchev–Trinajstić information content (AvgIpc) is 3.53. The Morgan fingerprint density at radius 1 is 1.06 bits per heavy atom. The van der Waals surface area contributed by atoms with Gasteiger partial charge in [0.1, 0.15) is 0 Å². The molecule has 48 heavy (non-hydrogen) atoms. The van der Waals surface area contributed by atoms with Crippen molar-refractivity contribution in [2.24, 2.45) is 18.2 Å². The standard InChI is InChI=1S/C31H35ClF3N9O3.ClH/c1-41-24(22-16-44(40-25(22)31(33,34)35)20-13-30(14-20)4-5-30)15-37-26(41)27(45)38-18-2-3-21(23(32)12-18)28(46)42-6-8-43(9-7-42)29(47)39-19-10-17(36)11-19;/h2-3,12,15-17,19-20H,4-11,13-14,36H2,1H3,(H,38,45)(H,39,47);1H. The summed E-state index contributed by atoms with van der Waals surface area (Å²) >= 11 is 6.46. The second-order valence-corrected chi connectivity index (χ2v) is 13.7. The molecule has 1 aliphatic heterocycles. The number of piperazine rings is 1. The number of urea groups is 1. The van der Waals surface area contributed by atoms with Crippen LogP contribution in [0.15, 0.2) is 30.6 Å². The van der Waals surface area contributed by atoms with Gasteiger partial charge in [0.25, 0.3) is 11.8 Å². The van der Waals surface area contributed by atoms with Gasteiger partial charge in [0, 0.05) is 57.2 Å². The van der Waals surface area contributed by atoms with Crippen molar-refractivity contribution in [3.05, 3.63) is 52.7 Å². The normalized spacial score (nSPS) is 21.6. The highest BCUT2D eigenvalue weighted by molar-refractivity contribution is 6.34. The van der Waals surface area contributed by atoms with Crippen molar-refractivity contribution in [2.45, 2.75) is 62.8 Å². The van der Waals surface area contributed by atoms with Crippen molar-refractivity contribution in [1.82, 2.24) is 34.4 Å². The summed E-state index contributed by atoms with van der Waals surface area (Å²) in [5.41, 5.74) is 5.55. The molecule has 4 fully saturated rings. The highest BCUT2D eigenvalue weighted by Crippen LogP contribution is 2.65. The van der Waals surface area contributed by atoms with E-state index in [1.807, 2.05) is 0 Å². The summed E-state index contributed by atoms with van der Waals surface area (Å²) < 4.78 is 44.7. The number of carbonyl (C=O) groups is 3. The predicted octanol–water partition coefficient (Wildman–Crippen LogP) is 4.70. The first kappa shape index (κ1) is 34.1. The molecular formula is C31H36Cl2F3N9O3. The zero-order valence-electron chi connectivity index (χ0n) is 26.1. The highest BCUT2D eigenvalue weighted by atomic mass is 35.5. The van der Waals surface area contributed by atoms with E-state index in [-0.39, 0.29) is 75.8 Å². The maximum Gasteiger partial charge on any atom is 0.435 e. The Bertz CT molecular complexity index is 1730. The zero-order valence-corrected chi connectivity index (χ0v) is 27.7. The van der Waals surface area contributed by atoms with Crippen molar-refractivity contribution < 1.29 is 27.6 Å². The van der Waals surface area contributed by atoms with Crippen molar-refractivity contribution in [2.75, 3.05) is 31.5 Å². The van der Waals surface area contributed by atoms with E-state index in [1.165, 1.54) is 46.9 Å². The molecule has 0 radical (unpaired) electrons. The van der Waals surface area contributed by atoms with Crippen LogP contribution in [-0.4, -0.2) is 85.2 Å². The Hall–Kier alpha value is -3.82. The van der Waals surface area contributed by atoms with E-state index < -0.39 is 17.8 Å². The molecule has 1 spiro atoms. The summed E-state index contributed by atoms with van der Waals surface area (Å²) in [7, 11) is 1.47. The molecule has 4 aliphatic rings. The van der Waals surface area contributed by atoms with Crippen LogP contribution in [0.1, 0.15) is 71.2 Å². The van der Waals surface area contributed by atoms with Gasteiger partial charge < -0.3 is 30.7 Å². The van der Waals surface area contributed by atoms with E-state index in [2.05, 4.69) is 20.7 Å². The van der Waals surface area contributed by atoms with Gasteiger partial charge in [-0.3, -0.25) is 14.3 Å². The molecule has 4 N–H and O–H groups in total. The molecule has 2 aromatic heterocycles. The van der Waals surface area contributed by atoms with E-state index in [0.29, 0.717) is 31.6 Å². The van der Waals surface area contributed by atoms with E-state index >= 15 is 0 Å². The number of benzene rings is 1. The van der Waals surface area contributed by atoms with E-state index in [4.69, 9.17) is 17.3 Å². The van der Waals surface area contributed by atoms with Gasteiger partial charge in [-0.25, -0.2) is 9.78 Å². The third-order valence-electron chi connectivity index (χ3n) is 9.95. The third kappa shape index (κ3) is 6.47. The van der Waals surface area contributed by atoms with Crippen LogP contribution in [0.25, 0.3) is 11.3 Å². The van der Waals surface area contributed by atoms with E-state index in [0.717, 1.165) is 38.5 Å². The number of hydrogen-bond donors (Lipinski definition) is 3. The molecule has 258 valence electrons. The molecule has 17 heteroatoms. The molecule has 3 aromatic rings. The number of halogens is 5. The Balaban J connectivity index is 0.00000401. The summed E-state index contributed by atoms with van der Waals surface area (Å²) in [6.07, 6.45) is 3.35. The SMILES string of the molecule is Cl.Cn1c(-c2cn(C3CC4(CC4)C3)nc2C(F)(F)F)cnc1C(=O)Nc1ccc(C(=O)N2CCN(C(=O)NC3CC(N)C3)CC2)c(Cl)c1. The number of amides is 4. The number of nitrogens with two attached hydrogens (primary N) is 1. The van der Waals surface area contributed by atoms with Gasteiger partial charge in [0.05, 0.1) is 34.1 Å². The number of carbonyl (C=O) groups excluding carboxylic acids is 3. The van der Waals surface area contributed by atoms with Gasteiger partial charge in [-0.15, -0.1) is 12.4 Å². The van der Waals surface area contributed by atoms with Crippen LogP contribution in [0.3, 0.4) is 0 Å². The Kier molecular flexibility index (Phi) is 8.92. The lowest BCUT2D eigenvalue weighted by Crippen LogP contribution is -2.57. The maximum atomic E-state index is 14.0. The molecular weight excluding hydrogens is 674 g/mol. The summed E-state index contributed by atoms with van der Waals surface area (Å²) in [5.74, 6) is -1.08. The number of anilines is 1. The number of alkyl halides is 3. The van der Waals surface area contributed by atoms with Crippen LogP contribution in [0, 0.1) is 5.41 Å². The van der Waals surface area contributed by atoms with Crippen molar-refractivity contribution in [3.63, 3.8) is 0 Å². The Labute approximate surface area is 285 Å². The first-order valence-corrected chi connectivity index (χ1v) is 16.1. The van der Waals surface area contributed by atoms with Crippen LogP contribution in [0.5, 0.6) is 0 Å². The summed E-state index contributed by atoms with van der Waals surface area (Å²) in [6.45, 7) is 1.42. The molecule has 0 atom stereocenters. The predicted molar refractivity (Wildman–Crippen MR) is 173 cm³/mol. The number of imidazole rings is 1. The van der Waals surface area contributed by atoms with Crippen molar-refractivity contribution in [3.8, 4) is 11.3 Å². The molecule has 4 amide bonds. The van der Waals surface area contributed by atoms with Gasteiger partial charge in [-0.1, -0.05) is 11.6 Å². The molecule has 7 rings (SSSR count). The van der Waals surface area contributed by atoms with Gasteiger partial charge in [0.2, 0.25) is 0 Å². The minimum absolute atomic E-state index is 0. The lowest BCUT2D eigenvalue weighted by Gasteiger charge is -2.38. The van der Waals surface area contributed by atoms with Crippen LogP contribution in [0.4, 0.5) is 23.7 Å². The third-order valence-corrected chi connectivity index (χ3v) is 10.3. The molecule has 3 aliphatic carbocycles. The average molecular weight is 711 g/mol. The Morgan fingerprint density at radius 2 is 1.73 bits per heavy atom. The summed E-state index contributed by atoms with van der Waals surface area (Å²) in [6, 6.07) is 4.43. The zero-order chi connectivity index (χ0) is 33.2. The topological polar surface area (TPSA) is 143 Å². The van der Waals surface area contributed by atoms with Crippen LogP contribution in [-0.2, 0) is 13.2 Å². The first-order chi connectivity index (χ1) is 22.3. The molecule has 3 heterocycles. The summed E-state index contributed by atoms with van der Waals surface area (Å²) in [5, 5.41) is 9.65. The minimum atomic E-state index is -4.68.